The Balaban J connectivity index is 1.73. The Hall–Kier alpha value is -3.41. The molecule has 0 saturated heterocycles. The maximum absolute atomic E-state index is 12.8. The maximum atomic E-state index is 12.8. The monoisotopic (exact) mass is 367 g/mol. The van der Waals surface area contributed by atoms with Gasteiger partial charge in [0.05, 0.1) is 19.9 Å². The topological polar surface area (TPSA) is 72.1 Å². The molecule has 6 nitrogen and oxygen atoms in total. The molecule has 0 aliphatic carbocycles. The number of phenolic OH excluding ortho intramolecular Hbond substituents is 1. The summed E-state index contributed by atoms with van der Waals surface area (Å²) in [5.41, 5.74) is 0.648. The van der Waals surface area contributed by atoms with E-state index in [1.54, 1.807) is 60.7 Å². The molecule has 0 unspecified atom stereocenters. The molecule has 3 aromatic rings. The van der Waals surface area contributed by atoms with Gasteiger partial charge in [0.15, 0.2) is 18.1 Å². The van der Waals surface area contributed by atoms with Crippen LogP contribution in [0.25, 0.3) is 0 Å². The van der Waals surface area contributed by atoms with Gasteiger partial charge in [-0.1, -0.05) is 30.3 Å². The molecule has 0 radical (unpaired) electrons. The number of nitrogens with zero attached hydrogens (tertiary/aromatic N) is 1. The number of methoxy groups -OCH3 is 1. The van der Waals surface area contributed by atoms with Crippen LogP contribution in [0.1, 0.15) is 11.3 Å². The summed E-state index contributed by atoms with van der Waals surface area (Å²) >= 11 is 0. The number of aromatic hydroxyl groups is 1. The number of ether oxygens (including phenoxy) is 2. The lowest BCUT2D eigenvalue weighted by atomic mass is 10.2. The number of benzene rings is 2. The highest BCUT2D eigenvalue weighted by Crippen LogP contribution is 2.26. The van der Waals surface area contributed by atoms with Crippen LogP contribution < -0.4 is 9.47 Å². The fourth-order valence-electron chi connectivity index (χ4n) is 2.64. The van der Waals surface area contributed by atoms with Crippen LogP contribution in [0.3, 0.4) is 0 Å². The van der Waals surface area contributed by atoms with Gasteiger partial charge in [0.2, 0.25) is 0 Å². The first-order valence-corrected chi connectivity index (χ1v) is 8.50. The molecule has 140 valence electrons. The number of furan rings is 1. The fraction of sp³-hybridized carbons (Fsp3) is 0.190. The number of rotatable bonds is 8. The van der Waals surface area contributed by atoms with E-state index in [9.17, 15) is 9.90 Å². The van der Waals surface area contributed by atoms with Crippen molar-refractivity contribution in [2.75, 3.05) is 13.7 Å². The molecule has 6 heteroatoms. The van der Waals surface area contributed by atoms with Crippen molar-refractivity contribution in [3.05, 3.63) is 78.3 Å². The van der Waals surface area contributed by atoms with Crippen molar-refractivity contribution in [2.24, 2.45) is 0 Å². The molecule has 0 aliphatic rings. The van der Waals surface area contributed by atoms with Crippen LogP contribution >= 0.6 is 0 Å². The van der Waals surface area contributed by atoms with Crippen molar-refractivity contribution >= 4 is 5.91 Å². The molecule has 2 aromatic carbocycles. The maximum Gasteiger partial charge on any atom is 0.261 e. The van der Waals surface area contributed by atoms with Gasteiger partial charge in [0.1, 0.15) is 11.5 Å². The Kier molecular flexibility index (Phi) is 5.99. The predicted molar refractivity (Wildman–Crippen MR) is 99.6 cm³/mol. The van der Waals surface area contributed by atoms with Crippen LogP contribution in [-0.2, 0) is 17.9 Å². The van der Waals surface area contributed by atoms with E-state index in [0.29, 0.717) is 22.8 Å². The van der Waals surface area contributed by atoms with Gasteiger partial charge in [-0.3, -0.25) is 4.79 Å². The van der Waals surface area contributed by atoms with Gasteiger partial charge >= 0.3 is 0 Å². The molecule has 0 spiro atoms. The molecule has 1 heterocycles. The van der Waals surface area contributed by atoms with Gasteiger partial charge in [-0.15, -0.1) is 0 Å². The first-order valence-electron chi connectivity index (χ1n) is 8.50. The lowest BCUT2D eigenvalue weighted by Crippen LogP contribution is -2.34. The molecular weight excluding hydrogens is 346 g/mol. The van der Waals surface area contributed by atoms with Crippen molar-refractivity contribution in [1.82, 2.24) is 4.90 Å². The molecule has 0 fully saturated rings. The number of hydrogen-bond acceptors (Lipinski definition) is 5. The SMILES string of the molecule is COc1ccccc1OCC(=O)N(Cc1ccco1)Cc1ccccc1O. The normalized spacial score (nSPS) is 10.4. The van der Waals surface area contributed by atoms with Crippen LogP contribution in [0.2, 0.25) is 0 Å². The number of carbonyl (C=O) groups is 1. The Morgan fingerprint density at radius 3 is 2.44 bits per heavy atom. The average molecular weight is 367 g/mol. The Morgan fingerprint density at radius 2 is 1.74 bits per heavy atom. The minimum Gasteiger partial charge on any atom is -0.508 e. The van der Waals surface area contributed by atoms with Crippen LogP contribution in [0.5, 0.6) is 17.2 Å². The van der Waals surface area contributed by atoms with Gasteiger partial charge in [0.25, 0.3) is 5.91 Å². The smallest absolute Gasteiger partial charge is 0.261 e. The third-order valence-electron chi connectivity index (χ3n) is 4.05. The van der Waals surface area contributed by atoms with Crippen molar-refractivity contribution < 1.29 is 23.8 Å². The van der Waals surface area contributed by atoms with Crippen molar-refractivity contribution in [2.45, 2.75) is 13.1 Å². The lowest BCUT2D eigenvalue weighted by molar-refractivity contribution is -0.134. The van der Waals surface area contributed by atoms with E-state index in [1.165, 1.54) is 0 Å². The van der Waals surface area contributed by atoms with Crippen LogP contribution in [0, 0.1) is 0 Å². The average Bonchev–Trinajstić information content (AvgIpc) is 3.20. The number of hydrogen-bond donors (Lipinski definition) is 1. The molecular formula is C21H21NO5. The number of phenols is 1. The summed E-state index contributed by atoms with van der Waals surface area (Å²) in [5.74, 6) is 1.61. The summed E-state index contributed by atoms with van der Waals surface area (Å²) < 4.78 is 16.2. The highest BCUT2D eigenvalue weighted by Gasteiger charge is 2.18. The van der Waals surface area contributed by atoms with Crippen LogP contribution in [0.15, 0.2) is 71.3 Å². The Bertz CT molecular complexity index is 876. The summed E-state index contributed by atoms with van der Waals surface area (Å²) in [6, 6.07) is 17.6. The van der Waals surface area contributed by atoms with Gasteiger partial charge in [-0.2, -0.15) is 0 Å². The Labute approximate surface area is 157 Å². The van der Waals surface area contributed by atoms with Gasteiger partial charge < -0.3 is 23.9 Å². The van der Waals surface area contributed by atoms with Crippen molar-refractivity contribution in [3.63, 3.8) is 0 Å². The van der Waals surface area contributed by atoms with E-state index in [2.05, 4.69) is 0 Å². The molecule has 0 aliphatic heterocycles. The minimum atomic E-state index is -0.236. The van der Waals surface area contributed by atoms with E-state index in [0.717, 1.165) is 0 Å². The summed E-state index contributed by atoms with van der Waals surface area (Å²) in [6.45, 7) is 0.353. The second-order valence-electron chi connectivity index (χ2n) is 5.90. The third kappa shape index (κ3) is 4.82. The molecule has 3 rings (SSSR count). The predicted octanol–water partition coefficient (Wildman–Crippen LogP) is 3.60. The standard InChI is InChI=1S/C21H21NO5/c1-25-19-10-4-5-11-20(19)27-15-21(24)22(14-17-8-6-12-26-17)13-16-7-2-3-9-18(16)23/h2-12,23H,13-15H2,1H3. The first-order chi connectivity index (χ1) is 13.2. The summed E-state index contributed by atoms with van der Waals surface area (Å²) in [5, 5.41) is 10.0. The summed E-state index contributed by atoms with van der Waals surface area (Å²) in [7, 11) is 1.55. The van der Waals surface area contributed by atoms with E-state index in [-0.39, 0.29) is 31.4 Å². The molecule has 27 heavy (non-hydrogen) atoms. The highest BCUT2D eigenvalue weighted by molar-refractivity contribution is 5.78. The number of amides is 1. The molecule has 1 amide bonds. The second-order valence-corrected chi connectivity index (χ2v) is 5.90. The largest absolute Gasteiger partial charge is 0.508 e. The van der Waals surface area contributed by atoms with Crippen LogP contribution in [0.4, 0.5) is 0 Å². The first kappa shape index (κ1) is 18.4. The summed E-state index contributed by atoms with van der Waals surface area (Å²) in [4.78, 5) is 14.4. The molecule has 1 aromatic heterocycles. The van der Waals surface area contributed by atoms with Gasteiger partial charge in [-0.05, 0) is 30.3 Å². The van der Waals surface area contributed by atoms with Gasteiger partial charge in [0, 0.05) is 12.1 Å². The second kappa shape index (κ2) is 8.80. The van der Waals surface area contributed by atoms with Crippen molar-refractivity contribution in [1.29, 1.82) is 0 Å². The lowest BCUT2D eigenvalue weighted by Gasteiger charge is -2.22. The zero-order chi connectivity index (χ0) is 19.1. The third-order valence-corrected chi connectivity index (χ3v) is 4.05. The highest BCUT2D eigenvalue weighted by atomic mass is 16.5. The van der Waals surface area contributed by atoms with E-state index < -0.39 is 0 Å². The number of carbonyl (C=O) groups excluding carboxylic acids is 1. The minimum absolute atomic E-state index is 0.139. The molecule has 0 saturated carbocycles. The molecule has 1 N–H and O–H groups in total. The van der Waals surface area contributed by atoms with Crippen LogP contribution in [-0.4, -0.2) is 29.6 Å². The zero-order valence-corrected chi connectivity index (χ0v) is 15.0. The Morgan fingerprint density at radius 1 is 1.00 bits per heavy atom. The van der Waals surface area contributed by atoms with E-state index in [1.807, 2.05) is 18.2 Å². The summed E-state index contributed by atoms with van der Waals surface area (Å²) in [6.07, 6.45) is 1.56. The fourth-order valence-corrected chi connectivity index (χ4v) is 2.64. The zero-order valence-electron chi connectivity index (χ0n) is 15.0. The van der Waals surface area contributed by atoms with Crippen molar-refractivity contribution in [3.8, 4) is 17.2 Å². The van der Waals surface area contributed by atoms with Gasteiger partial charge in [-0.25, -0.2) is 0 Å². The quantitative estimate of drug-likeness (QED) is 0.659. The number of para-hydroxylation sites is 3. The van der Waals surface area contributed by atoms with E-state index >= 15 is 0 Å². The molecule has 0 bridgehead atoms. The van der Waals surface area contributed by atoms with E-state index in [4.69, 9.17) is 13.9 Å². The molecule has 0 atom stereocenters.